The van der Waals surface area contributed by atoms with E-state index < -0.39 is 24.4 Å². The van der Waals surface area contributed by atoms with Crippen molar-refractivity contribution < 1.29 is 22.8 Å². The number of carbonyl (C=O) groups excluding carboxylic acids is 1. The zero-order valence-corrected chi connectivity index (χ0v) is 10.2. The third-order valence-corrected chi connectivity index (χ3v) is 2.21. The second-order valence-electron chi connectivity index (χ2n) is 3.84. The maximum Gasteiger partial charge on any atom is 0.414 e. The van der Waals surface area contributed by atoms with E-state index in [0.717, 1.165) is 0 Å². The lowest BCUT2D eigenvalue weighted by Crippen LogP contribution is -2.31. The molecule has 1 aromatic rings. The van der Waals surface area contributed by atoms with E-state index in [1.54, 1.807) is 12.4 Å². The van der Waals surface area contributed by atoms with Gasteiger partial charge in [0.25, 0.3) is 0 Å². The molecule has 0 aliphatic heterocycles. The standard InChI is InChI=1S/C10H12F3N3O3/c1-5-7(6(2)15-9(18)14-5)3-8(17)16-19-4-10(11,12)13/h3-4H2,1-2H3,(H,16,17)(H,14,15,18). The maximum absolute atomic E-state index is 11.8. The highest BCUT2D eigenvalue weighted by molar-refractivity contribution is 5.78. The molecule has 0 unspecified atom stereocenters. The fourth-order valence-corrected chi connectivity index (χ4v) is 1.41. The highest BCUT2D eigenvalue weighted by Crippen LogP contribution is 2.13. The summed E-state index contributed by atoms with van der Waals surface area (Å²) in [5, 5.41) is 0. The number of hydrogen-bond acceptors (Lipinski definition) is 4. The van der Waals surface area contributed by atoms with E-state index in [2.05, 4.69) is 14.8 Å². The van der Waals surface area contributed by atoms with Gasteiger partial charge in [0.1, 0.15) is 0 Å². The van der Waals surface area contributed by atoms with Crippen molar-refractivity contribution in [1.29, 1.82) is 0 Å². The van der Waals surface area contributed by atoms with Gasteiger partial charge < -0.3 is 4.98 Å². The molecule has 106 valence electrons. The molecule has 0 radical (unpaired) electrons. The Morgan fingerprint density at radius 3 is 2.58 bits per heavy atom. The van der Waals surface area contributed by atoms with Gasteiger partial charge >= 0.3 is 11.9 Å². The van der Waals surface area contributed by atoms with Gasteiger partial charge in [-0.15, -0.1) is 0 Å². The first-order valence-corrected chi connectivity index (χ1v) is 5.23. The average molecular weight is 279 g/mol. The lowest BCUT2D eigenvalue weighted by molar-refractivity contribution is -0.191. The minimum absolute atomic E-state index is 0.237. The zero-order chi connectivity index (χ0) is 14.6. The Bertz CT molecular complexity index is 499. The second-order valence-corrected chi connectivity index (χ2v) is 3.84. The van der Waals surface area contributed by atoms with Crippen LogP contribution in [0.1, 0.15) is 17.0 Å². The number of nitrogens with zero attached hydrogens (tertiary/aromatic N) is 1. The Labute approximate surface area is 105 Å². The fraction of sp³-hybridized carbons (Fsp3) is 0.500. The quantitative estimate of drug-likeness (QED) is 0.788. The van der Waals surface area contributed by atoms with Gasteiger partial charge in [0.15, 0.2) is 6.61 Å². The first-order valence-electron chi connectivity index (χ1n) is 5.23. The van der Waals surface area contributed by atoms with Crippen LogP contribution in [0, 0.1) is 13.8 Å². The van der Waals surface area contributed by atoms with E-state index in [9.17, 15) is 22.8 Å². The molecule has 0 saturated carbocycles. The molecule has 0 aromatic carbocycles. The number of halogens is 3. The van der Waals surface area contributed by atoms with Crippen LogP contribution in [0.3, 0.4) is 0 Å². The maximum atomic E-state index is 11.8. The summed E-state index contributed by atoms with van der Waals surface area (Å²) in [6.07, 6.45) is -4.75. The van der Waals surface area contributed by atoms with E-state index >= 15 is 0 Å². The molecule has 19 heavy (non-hydrogen) atoms. The predicted molar refractivity (Wildman–Crippen MR) is 58.2 cm³/mol. The number of amides is 1. The third-order valence-electron chi connectivity index (χ3n) is 2.21. The molecule has 0 atom stereocenters. The molecule has 6 nitrogen and oxygen atoms in total. The largest absolute Gasteiger partial charge is 0.414 e. The number of hydroxylamine groups is 1. The molecule has 1 rings (SSSR count). The lowest BCUT2D eigenvalue weighted by Gasteiger charge is -2.10. The summed E-state index contributed by atoms with van der Waals surface area (Å²) in [4.78, 5) is 32.4. The number of rotatable bonds is 4. The average Bonchev–Trinajstić information content (AvgIpc) is 2.21. The van der Waals surface area contributed by atoms with E-state index in [-0.39, 0.29) is 6.42 Å². The summed E-state index contributed by atoms with van der Waals surface area (Å²) < 4.78 is 35.3. The van der Waals surface area contributed by atoms with Gasteiger partial charge in [0.2, 0.25) is 5.91 Å². The first kappa shape index (κ1) is 15.2. The lowest BCUT2D eigenvalue weighted by atomic mass is 10.1. The summed E-state index contributed by atoms with van der Waals surface area (Å²) >= 11 is 0. The Balaban J connectivity index is 2.61. The minimum atomic E-state index is -4.52. The molecule has 0 aliphatic carbocycles. The molecular formula is C10H12F3N3O3. The molecule has 1 heterocycles. The second kappa shape index (κ2) is 5.83. The molecule has 1 aromatic heterocycles. The molecular weight excluding hydrogens is 267 g/mol. The number of carbonyl (C=O) groups is 1. The van der Waals surface area contributed by atoms with E-state index in [0.29, 0.717) is 17.0 Å². The molecule has 0 bridgehead atoms. The predicted octanol–water partition coefficient (Wildman–Crippen LogP) is 0.539. The number of H-pyrrole nitrogens is 1. The van der Waals surface area contributed by atoms with Crippen molar-refractivity contribution >= 4 is 5.91 Å². The Morgan fingerprint density at radius 1 is 1.42 bits per heavy atom. The smallest absolute Gasteiger partial charge is 0.310 e. The zero-order valence-electron chi connectivity index (χ0n) is 10.2. The van der Waals surface area contributed by atoms with Gasteiger partial charge in [-0.05, 0) is 13.8 Å². The van der Waals surface area contributed by atoms with E-state index in [4.69, 9.17) is 0 Å². The number of hydrogen-bond donors (Lipinski definition) is 2. The highest BCUT2D eigenvalue weighted by Gasteiger charge is 2.28. The number of aryl methyl sites for hydroxylation is 2. The summed E-state index contributed by atoms with van der Waals surface area (Å²) in [7, 11) is 0. The molecule has 2 N–H and O–H groups in total. The van der Waals surface area contributed by atoms with Crippen molar-refractivity contribution in [2.45, 2.75) is 26.4 Å². The molecule has 0 saturated heterocycles. The van der Waals surface area contributed by atoms with Gasteiger partial charge in [0, 0.05) is 17.0 Å². The van der Waals surface area contributed by atoms with Crippen molar-refractivity contribution in [3.8, 4) is 0 Å². The van der Waals surface area contributed by atoms with Crippen LogP contribution in [0.2, 0.25) is 0 Å². The van der Waals surface area contributed by atoms with E-state index in [1.807, 2.05) is 0 Å². The van der Waals surface area contributed by atoms with Crippen LogP contribution in [-0.2, 0) is 16.1 Å². The number of alkyl halides is 3. The molecule has 0 aliphatic rings. The number of aromatic amines is 1. The molecule has 9 heteroatoms. The van der Waals surface area contributed by atoms with Crippen molar-refractivity contribution in [2.24, 2.45) is 0 Å². The number of aromatic nitrogens is 2. The van der Waals surface area contributed by atoms with Crippen LogP contribution in [0.15, 0.2) is 4.79 Å². The third kappa shape index (κ3) is 5.08. The van der Waals surface area contributed by atoms with Crippen molar-refractivity contribution in [3.05, 3.63) is 27.4 Å². The monoisotopic (exact) mass is 279 g/mol. The van der Waals surface area contributed by atoms with Crippen LogP contribution in [0.25, 0.3) is 0 Å². The van der Waals surface area contributed by atoms with Gasteiger partial charge in [-0.1, -0.05) is 0 Å². The van der Waals surface area contributed by atoms with Gasteiger partial charge in [-0.2, -0.15) is 18.2 Å². The molecule has 0 spiro atoms. The fourth-order valence-electron chi connectivity index (χ4n) is 1.41. The van der Waals surface area contributed by atoms with Gasteiger partial charge in [-0.3, -0.25) is 9.63 Å². The first-order chi connectivity index (χ1) is 8.69. The van der Waals surface area contributed by atoms with Crippen molar-refractivity contribution in [2.75, 3.05) is 6.61 Å². The Hall–Kier alpha value is -1.90. The summed E-state index contributed by atoms with van der Waals surface area (Å²) in [5.74, 6) is -0.760. The van der Waals surface area contributed by atoms with Gasteiger partial charge in [0.05, 0.1) is 6.42 Å². The number of nitrogens with one attached hydrogen (secondary N) is 2. The molecule has 0 fully saturated rings. The van der Waals surface area contributed by atoms with Crippen LogP contribution >= 0.6 is 0 Å². The summed E-state index contributed by atoms with van der Waals surface area (Å²) in [5.41, 5.74) is 2.34. The van der Waals surface area contributed by atoms with Crippen LogP contribution in [0.4, 0.5) is 13.2 Å². The summed E-state index contributed by atoms with van der Waals surface area (Å²) in [6.45, 7) is 1.53. The van der Waals surface area contributed by atoms with Crippen LogP contribution in [0.5, 0.6) is 0 Å². The van der Waals surface area contributed by atoms with Crippen LogP contribution in [-0.4, -0.2) is 28.7 Å². The Morgan fingerprint density at radius 2 is 2.05 bits per heavy atom. The van der Waals surface area contributed by atoms with Crippen molar-refractivity contribution in [3.63, 3.8) is 0 Å². The van der Waals surface area contributed by atoms with Crippen LogP contribution < -0.4 is 11.2 Å². The molecule has 1 amide bonds. The summed E-state index contributed by atoms with van der Waals surface area (Å²) in [6, 6.07) is 0. The topological polar surface area (TPSA) is 84.1 Å². The minimum Gasteiger partial charge on any atom is -0.310 e. The van der Waals surface area contributed by atoms with Crippen molar-refractivity contribution in [1.82, 2.24) is 15.4 Å². The SMILES string of the molecule is Cc1nc(=O)[nH]c(C)c1CC(=O)NOCC(F)(F)F. The van der Waals surface area contributed by atoms with E-state index in [1.165, 1.54) is 6.92 Å². The normalized spacial score (nSPS) is 11.4. The highest BCUT2D eigenvalue weighted by atomic mass is 19.4. The Kier molecular flexibility index (Phi) is 4.65. The van der Waals surface area contributed by atoms with Gasteiger partial charge in [-0.25, -0.2) is 10.3 Å².